The van der Waals surface area contributed by atoms with E-state index in [0.29, 0.717) is 5.69 Å². The molecule has 1 aromatic heterocycles. The molecule has 0 bridgehead atoms. The Bertz CT molecular complexity index is 386. The van der Waals surface area contributed by atoms with Crippen LogP contribution in [0.5, 0.6) is 0 Å². The molecular formula is C10H6BrN. The molecule has 0 atom stereocenters. The number of hydrogen-bond donors (Lipinski definition) is 0. The zero-order chi connectivity index (χ0) is 8.55. The number of nitrogens with zero attached hydrogens (tertiary/aromatic N) is 1. The Kier molecular flexibility index (Phi) is 1.85. The zero-order valence-electron chi connectivity index (χ0n) is 6.29. The van der Waals surface area contributed by atoms with Gasteiger partial charge in [0.1, 0.15) is 0 Å². The SMILES string of the molecule is [CH]c1ccc2ccc(Br)cc2n1. The van der Waals surface area contributed by atoms with Gasteiger partial charge in [0.2, 0.25) is 0 Å². The maximum atomic E-state index is 5.55. The van der Waals surface area contributed by atoms with Crippen LogP contribution in [0.25, 0.3) is 10.9 Å². The molecule has 0 spiro atoms. The average Bonchev–Trinajstić information content (AvgIpc) is 2.03. The highest BCUT2D eigenvalue weighted by Crippen LogP contribution is 2.17. The number of rotatable bonds is 0. The van der Waals surface area contributed by atoms with Crippen LogP contribution in [0.15, 0.2) is 34.8 Å². The van der Waals surface area contributed by atoms with Crippen molar-refractivity contribution in [3.63, 3.8) is 0 Å². The molecule has 0 aliphatic heterocycles. The minimum Gasteiger partial charge on any atom is -0.252 e. The van der Waals surface area contributed by atoms with Crippen molar-refractivity contribution in [1.82, 2.24) is 4.98 Å². The minimum atomic E-state index is 0.556. The van der Waals surface area contributed by atoms with E-state index in [2.05, 4.69) is 20.9 Å². The molecule has 0 saturated carbocycles. The van der Waals surface area contributed by atoms with Crippen LogP contribution in [-0.4, -0.2) is 4.98 Å². The van der Waals surface area contributed by atoms with Crippen molar-refractivity contribution in [2.75, 3.05) is 0 Å². The molecule has 0 aliphatic carbocycles. The van der Waals surface area contributed by atoms with Gasteiger partial charge in [-0.1, -0.05) is 28.1 Å². The quantitative estimate of drug-likeness (QED) is 0.664. The maximum Gasteiger partial charge on any atom is 0.0716 e. The molecule has 1 nitrogen and oxygen atoms in total. The van der Waals surface area contributed by atoms with Gasteiger partial charge in [0.15, 0.2) is 0 Å². The highest BCUT2D eigenvalue weighted by molar-refractivity contribution is 9.10. The molecule has 0 unspecified atom stereocenters. The van der Waals surface area contributed by atoms with Crippen molar-refractivity contribution in [2.24, 2.45) is 0 Å². The van der Waals surface area contributed by atoms with Crippen LogP contribution < -0.4 is 0 Å². The van der Waals surface area contributed by atoms with E-state index in [0.717, 1.165) is 15.4 Å². The summed E-state index contributed by atoms with van der Waals surface area (Å²) in [4.78, 5) is 4.18. The van der Waals surface area contributed by atoms with Gasteiger partial charge in [-0.25, -0.2) is 0 Å². The molecule has 2 radical (unpaired) electrons. The van der Waals surface area contributed by atoms with Gasteiger partial charge in [0.05, 0.1) is 5.52 Å². The van der Waals surface area contributed by atoms with E-state index in [1.165, 1.54) is 0 Å². The molecule has 58 valence electrons. The van der Waals surface area contributed by atoms with E-state index in [-0.39, 0.29) is 0 Å². The van der Waals surface area contributed by atoms with Gasteiger partial charge >= 0.3 is 0 Å². The van der Waals surface area contributed by atoms with Crippen molar-refractivity contribution >= 4 is 26.8 Å². The van der Waals surface area contributed by atoms with E-state index in [9.17, 15) is 0 Å². The Morgan fingerprint density at radius 3 is 2.75 bits per heavy atom. The van der Waals surface area contributed by atoms with E-state index in [1.807, 2.05) is 24.3 Å². The summed E-state index contributed by atoms with van der Waals surface area (Å²) in [7, 11) is 0. The largest absolute Gasteiger partial charge is 0.252 e. The Hall–Kier alpha value is -0.890. The lowest BCUT2D eigenvalue weighted by Gasteiger charge is -1.98. The first-order valence-electron chi connectivity index (χ1n) is 3.57. The van der Waals surface area contributed by atoms with Crippen molar-refractivity contribution < 1.29 is 0 Å². The second kappa shape index (κ2) is 2.87. The molecule has 1 heterocycles. The van der Waals surface area contributed by atoms with E-state index in [1.54, 1.807) is 6.07 Å². The number of halogens is 1. The maximum absolute atomic E-state index is 5.55. The van der Waals surface area contributed by atoms with Crippen LogP contribution in [0.1, 0.15) is 5.69 Å². The predicted octanol–water partition coefficient (Wildman–Crippen LogP) is 3.06. The Morgan fingerprint density at radius 2 is 1.92 bits per heavy atom. The lowest BCUT2D eigenvalue weighted by Crippen LogP contribution is -1.81. The van der Waals surface area contributed by atoms with E-state index in [4.69, 9.17) is 6.92 Å². The van der Waals surface area contributed by atoms with Gasteiger partial charge < -0.3 is 0 Å². The summed E-state index contributed by atoms with van der Waals surface area (Å²) in [6.07, 6.45) is 0. The summed E-state index contributed by atoms with van der Waals surface area (Å²) < 4.78 is 1.02. The van der Waals surface area contributed by atoms with Crippen LogP contribution in [0.4, 0.5) is 0 Å². The van der Waals surface area contributed by atoms with Crippen LogP contribution in [0.3, 0.4) is 0 Å². The normalized spacial score (nSPS) is 10.5. The fourth-order valence-corrected chi connectivity index (χ4v) is 1.46. The molecule has 1 aromatic carbocycles. The molecule has 2 aromatic rings. The third-order valence-electron chi connectivity index (χ3n) is 1.68. The van der Waals surface area contributed by atoms with Crippen LogP contribution in [-0.2, 0) is 0 Å². The summed E-state index contributed by atoms with van der Waals surface area (Å²) in [6.45, 7) is 5.55. The van der Waals surface area contributed by atoms with Crippen LogP contribution in [0.2, 0.25) is 0 Å². The Morgan fingerprint density at radius 1 is 1.17 bits per heavy atom. The van der Waals surface area contributed by atoms with Gasteiger partial charge in [-0.15, -0.1) is 0 Å². The van der Waals surface area contributed by atoms with Crippen LogP contribution in [0, 0.1) is 6.92 Å². The lowest BCUT2D eigenvalue weighted by molar-refractivity contribution is 1.34. The predicted molar refractivity (Wildman–Crippen MR) is 52.8 cm³/mol. The summed E-state index contributed by atoms with van der Waals surface area (Å²) in [5.41, 5.74) is 1.48. The van der Waals surface area contributed by atoms with Crippen molar-refractivity contribution in [3.8, 4) is 0 Å². The topological polar surface area (TPSA) is 12.9 Å². The third-order valence-corrected chi connectivity index (χ3v) is 2.17. The zero-order valence-corrected chi connectivity index (χ0v) is 7.88. The van der Waals surface area contributed by atoms with Gasteiger partial charge in [0, 0.05) is 22.5 Å². The fourth-order valence-electron chi connectivity index (χ4n) is 1.11. The van der Waals surface area contributed by atoms with Gasteiger partial charge in [-0.2, -0.15) is 0 Å². The van der Waals surface area contributed by atoms with E-state index >= 15 is 0 Å². The third kappa shape index (κ3) is 1.34. The first kappa shape index (κ1) is 7.74. The van der Waals surface area contributed by atoms with Gasteiger partial charge in [-0.05, 0) is 18.2 Å². The second-order valence-electron chi connectivity index (χ2n) is 2.57. The van der Waals surface area contributed by atoms with E-state index < -0.39 is 0 Å². The number of pyridine rings is 1. The molecule has 0 aliphatic rings. The number of benzene rings is 1. The highest BCUT2D eigenvalue weighted by Gasteiger charge is 1.95. The highest BCUT2D eigenvalue weighted by atomic mass is 79.9. The summed E-state index contributed by atoms with van der Waals surface area (Å²) in [6, 6.07) is 9.71. The molecule has 2 rings (SSSR count). The summed E-state index contributed by atoms with van der Waals surface area (Å²) in [5, 5.41) is 1.10. The molecule has 12 heavy (non-hydrogen) atoms. The van der Waals surface area contributed by atoms with Gasteiger partial charge in [0.25, 0.3) is 0 Å². The van der Waals surface area contributed by atoms with Crippen molar-refractivity contribution in [3.05, 3.63) is 47.4 Å². The summed E-state index contributed by atoms with van der Waals surface area (Å²) in [5.74, 6) is 0. The van der Waals surface area contributed by atoms with Crippen molar-refractivity contribution in [1.29, 1.82) is 0 Å². The van der Waals surface area contributed by atoms with Gasteiger partial charge in [-0.3, -0.25) is 4.98 Å². The molecule has 0 N–H and O–H groups in total. The number of aromatic nitrogens is 1. The second-order valence-corrected chi connectivity index (χ2v) is 3.49. The van der Waals surface area contributed by atoms with Crippen molar-refractivity contribution in [2.45, 2.75) is 0 Å². The molecular weight excluding hydrogens is 214 g/mol. The fraction of sp³-hybridized carbons (Fsp3) is 0. The first-order chi connectivity index (χ1) is 5.75. The minimum absolute atomic E-state index is 0.556. The van der Waals surface area contributed by atoms with Crippen LogP contribution >= 0.6 is 15.9 Å². The lowest BCUT2D eigenvalue weighted by atomic mass is 10.2. The number of fused-ring (bicyclic) bond motifs is 1. The summed E-state index contributed by atoms with van der Waals surface area (Å²) >= 11 is 3.38. The Labute approximate surface area is 79.6 Å². The monoisotopic (exact) mass is 219 g/mol. The molecule has 0 saturated heterocycles. The molecule has 0 fully saturated rings. The standard InChI is InChI=1S/C10H6BrN/c1-7-2-3-8-4-5-9(11)6-10(8)12-7/h1-6H. The molecule has 0 amide bonds. The molecule has 2 heteroatoms. The Balaban J connectivity index is 2.80. The first-order valence-corrected chi connectivity index (χ1v) is 4.37. The average molecular weight is 220 g/mol. The number of hydrogen-bond acceptors (Lipinski definition) is 1. The smallest absolute Gasteiger partial charge is 0.0716 e.